The molecule has 0 spiro atoms. The van der Waals surface area contributed by atoms with Gasteiger partial charge >= 0.3 is 0 Å². The summed E-state index contributed by atoms with van der Waals surface area (Å²) in [5.74, 6) is 2.82. The minimum Gasteiger partial charge on any atom is -0.493 e. The van der Waals surface area contributed by atoms with E-state index in [0.29, 0.717) is 0 Å². The van der Waals surface area contributed by atoms with Crippen LogP contribution >= 0.6 is 0 Å². The molecule has 0 bridgehead atoms. The molecule has 1 aromatic carbocycles. The van der Waals surface area contributed by atoms with Crippen molar-refractivity contribution < 1.29 is 4.74 Å². The van der Waals surface area contributed by atoms with Gasteiger partial charge in [-0.25, -0.2) is 0 Å². The highest BCUT2D eigenvalue weighted by Gasteiger charge is 2.22. The SMILES string of the molecule is CC=CCC[C@H]1CC[C@H](c2ccc(OCCC)c(CCC)c2)CC1. The van der Waals surface area contributed by atoms with Crippen molar-refractivity contribution >= 4 is 0 Å². The van der Waals surface area contributed by atoms with Crippen molar-refractivity contribution in [3.8, 4) is 5.75 Å². The third kappa shape index (κ3) is 5.69. The van der Waals surface area contributed by atoms with Crippen LogP contribution in [0.2, 0.25) is 0 Å². The van der Waals surface area contributed by atoms with Crippen LogP contribution in [0, 0.1) is 5.92 Å². The van der Waals surface area contributed by atoms with Gasteiger partial charge in [-0.3, -0.25) is 0 Å². The standard InChI is InChI=1S/C23H36O/c1-4-7-8-10-19-11-13-20(14-12-19)21-15-16-23(24-17-6-3)22(18-21)9-5-2/h4,7,15-16,18-20H,5-6,8-14,17H2,1-3H3/t19-,20-. The molecule has 0 atom stereocenters. The number of aryl methyl sites for hydroxylation is 1. The Morgan fingerprint density at radius 2 is 1.88 bits per heavy atom. The Balaban J connectivity index is 1.95. The predicted molar refractivity (Wildman–Crippen MR) is 105 cm³/mol. The lowest BCUT2D eigenvalue weighted by Crippen LogP contribution is -2.13. The molecule has 1 fully saturated rings. The molecular formula is C23H36O. The Hall–Kier alpha value is -1.24. The maximum absolute atomic E-state index is 5.95. The molecule has 0 radical (unpaired) electrons. The van der Waals surface area contributed by atoms with Crippen molar-refractivity contribution in [1.82, 2.24) is 0 Å². The Bertz CT molecular complexity index is 495. The van der Waals surface area contributed by atoms with Crippen LogP contribution in [0.5, 0.6) is 5.75 Å². The molecule has 1 aliphatic rings. The fraction of sp³-hybridized carbons (Fsp3) is 0.652. The molecule has 1 saturated carbocycles. The molecule has 2 rings (SSSR count). The van der Waals surface area contributed by atoms with Crippen LogP contribution < -0.4 is 4.74 Å². The summed E-state index contributed by atoms with van der Waals surface area (Å²) in [6.45, 7) is 7.38. The third-order valence-electron chi connectivity index (χ3n) is 5.36. The van der Waals surface area contributed by atoms with Crippen LogP contribution in [0.3, 0.4) is 0 Å². The van der Waals surface area contributed by atoms with Crippen molar-refractivity contribution in [2.75, 3.05) is 6.61 Å². The van der Waals surface area contributed by atoms with Gasteiger partial charge < -0.3 is 4.74 Å². The highest BCUT2D eigenvalue weighted by atomic mass is 16.5. The Labute approximate surface area is 149 Å². The zero-order valence-electron chi connectivity index (χ0n) is 16.0. The van der Waals surface area contributed by atoms with E-state index in [2.05, 4.69) is 51.1 Å². The summed E-state index contributed by atoms with van der Waals surface area (Å²) in [5, 5.41) is 0. The van der Waals surface area contributed by atoms with E-state index in [1.54, 1.807) is 5.56 Å². The summed E-state index contributed by atoms with van der Waals surface area (Å²) in [6.07, 6.45) is 16.1. The van der Waals surface area contributed by atoms with Gasteiger partial charge in [0.05, 0.1) is 6.61 Å². The second kappa shape index (κ2) is 10.6. The Kier molecular flexibility index (Phi) is 8.42. The highest BCUT2D eigenvalue weighted by molar-refractivity contribution is 5.39. The minimum atomic E-state index is 0.763. The van der Waals surface area contributed by atoms with Gasteiger partial charge in [0.1, 0.15) is 5.75 Å². The highest BCUT2D eigenvalue weighted by Crippen LogP contribution is 2.38. The molecule has 0 amide bonds. The molecule has 1 aliphatic carbocycles. The van der Waals surface area contributed by atoms with E-state index in [0.717, 1.165) is 37.0 Å². The number of benzene rings is 1. The van der Waals surface area contributed by atoms with Gasteiger partial charge in [0.15, 0.2) is 0 Å². The molecular weight excluding hydrogens is 292 g/mol. The summed E-state index contributed by atoms with van der Waals surface area (Å²) < 4.78 is 5.95. The largest absolute Gasteiger partial charge is 0.493 e. The first kappa shape index (κ1) is 19.1. The van der Waals surface area contributed by atoms with E-state index in [9.17, 15) is 0 Å². The van der Waals surface area contributed by atoms with Crippen molar-refractivity contribution in [1.29, 1.82) is 0 Å². The average Bonchev–Trinajstić information content (AvgIpc) is 2.62. The van der Waals surface area contributed by atoms with Crippen LogP contribution in [-0.4, -0.2) is 6.61 Å². The fourth-order valence-corrected chi connectivity index (χ4v) is 3.95. The van der Waals surface area contributed by atoms with Crippen LogP contribution in [0.1, 0.15) is 89.2 Å². The number of hydrogen-bond acceptors (Lipinski definition) is 1. The molecule has 24 heavy (non-hydrogen) atoms. The van der Waals surface area contributed by atoms with Gasteiger partial charge in [0.2, 0.25) is 0 Å². The molecule has 134 valence electrons. The summed E-state index contributed by atoms with van der Waals surface area (Å²) in [5.41, 5.74) is 2.97. The van der Waals surface area contributed by atoms with E-state index in [1.807, 2.05) is 0 Å². The zero-order valence-corrected chi connectivity index (χ0v) is 16.0. The molecule has 0 heterocycles. The number of hydrogen-bond donors (Lipinski definition) is 0. The maximum atomic E-state index is 5.95. The first-order chi connectivity index (χ1) is 11.8. The number of ether oxygens (including phenoxy) is 1. The lowest BCUT2D eigenvalue weighted by molar-refractivity contribution is 0.308. The second-order valence-corrected chi connectivity index (χ2v) is 7.33. The smallest absolute Gasteiger partial charge is 0.122 e. The molecule has 1 nitrogen and oxygen atoms in total. The van der Waals surface area contributed by atoms with E-state index >= 15 is 0 Å². The van der Waals surface area contributed by atoms with Crippen LogP contribution in [0.25, 0.3) is 0 Å². The van der Waals surface area contributed by atoms with Gasteiger partial charge in [0, 0.05) is 0 Å². The van der Waals surface area contributed by atoms with Crippen LogP contribution in [0.15, 0.2) is 30.4 Å². The summed E-state index contributed by atoms with van der Waals surface area (Å²) in [4.78, 5) is 0. The summed E-state index contributed by atoms with van der Waals surface area (Å²) >= 11 is 0. The molecule has 0 aromatic heterocycles. The average molecular weight is 329 g/mol. The van der Waals surface area contributed by atoms with E-state index in [-0.39, 0.29) is 0 Å². The molecule has 0 N–H and O–H groups in total. The Morgan fingerprint density at radius 3 is 2.54 bits per heavy atom. The maximum Gasteiger partial charge on any atom is 0.122 e. The lowest BCUT2D eigenvalue weighted by Gasteiger charge is -2.29. The monoisotopic (exact) mass is 328 g/mol. The van der Waals surface area contributed by atoms with Crippen molar-refractivity contribution in [3.05, 3.63) is 41.5 Å². The van der Waals surface area contributed by atoms with Gasteiger partial charge in [-0.2, -0.15) is 0 Å². The molecule has 0 unspecified atom stereocenters. The van der Waals surface area contributed by atoms with Gasteiger partial charge in [-0.1, -0.05) is 44.6 Å². The molecule has 0 aliphatic heterocycles. The fourth-order valence-electron chi connectivity index (χ4n) is 3.95. The van der Waals surface area contributed by atoms with Crippen molar-refractivity contribution in [2.24, 2.45) is 5.92 Å². The van der Waals surface area contributed by atoms with Gasteiger partial charge in [0.25, 0.3) is 0 Å². The molecule has 1 heteroatoms. The van der Waals surface area contributed by atoms with E-state index in [1.165, 1.54) is 50.5 Å². The molecule has 1 aromatic rings. The predicted octanol–water partition coefficient (Wildman–Crippen LogP) is 7.06. The van der Waals surface area contributed by atoms with E-state index < -0.39 is 0 Å². The summed E-state index contributed by atoms with van der Waals surface area (Å²) in [6, 6.07) is 7.00. The van der Waals surface area contributed by atoms with Crippen molar-refractivity contribution in [3.63, 3.8) is 0 Å². The van der Waals surface area contributed by atoms with Crippen molar-refractivity contribution in [2.45, 2.75) is 84.5 Å². The van der Waals surface area contributed by atoms with E-state index in [4.69, 9.17) is 4.74 Å². The Morgan fingerprint density at radius 1 is 1.08 bits per heavy atom. The quantitative estimate of drug-likeness (QED) is 0.441. The molecule has 0 saturated heterocycles. The summed E-state index contributed by atoms with van der Waals surface area (Å²) in [7, 11) is 0. The third-order valence-corrected chi connectivity index (χ3v) is 5.36. The number of rotatable bonds is 9. The first-order valence-electron chi connectivity index (χ1n) is 10.1. The second-order valence-electron chi connectivity index (χ2n) is 7.33. The zero-order chi connectivity index (χ0) is 17.2. The van der Waals surface area contributed by atoms with Gasteiger partial charge in [-0.15, -0.1) is 0 Å². The van der Waals surface area contributed by atoms with Gasteiger partial charge in [-0.05, 0) is 87.3 Å². The first-order valence-corrected chi connectivity index (χ1v) is 10.1. The van der Waals surface area contributed by atoms with Crippen LogP contribution in [-0.2, 0) is 6.42 Å². The lowest BCUT2D eigenvalue weighted by atomic mass is 9.77. The minimum absolute atomic E-state index is 0.763. The number of allylic oxidation sites excluding steroid dienone is 2. The topological polar surface area (TPSA) is 9.23 Å². The normalized spacial score (nSPS) is 21.3. The van der Waals surface area contributed by atoms with Crippen LogP contribution in [0.4, 0.5) is 0 Å².